The van der Waals surface area contributed by atoms with Crippen LogP contribution < -0.4 is 0 Å². The van der Waals surface area contributed by atoms with Crippen molar-refractivity contribution in [1.29, 1.82) is 0 Å². The van der Waals surface area contributed by atoms with Gasteiger partial charge in [-0.05, 0) is 25.2 Å². The second-order valence-electron chi connectivity index (χ2n) is 20.5. The molecule has 6 nitrogen and oxygen atoms in total. The molecule has 0 aromatic carbocycles. The number of unbranched alkanes of at least 4 members (excludes halogenated alkanes) is 40. The maximum Gasteiger partial charge on any atom is 0.306 e. The van der Waals surface area contributed by atoms with Gasteiger partial charge in [0.25, 0.3) is 0 Å². The first-order chi connectivity index (χ1) is 31.9. The molecule has 0 spiro atoms. The van der Waals surface area contributed by atoms with Gasteiger partial charge in [0.05, 0.1) is 0 Å². The van der Waals surface area contributed by atoms with Crippen LogP contribution in [0.1, 0.15) is 336 Å². The van der Waals surface area contributed by atoms with Crippen molar-refractivity contribution in [3.8, 4) is 0 Å². The van der Waals surface area contributed by atoms with Gasteiger partial charge in [-0.25, -0.2) is 0 Å². The van der Waals surface area contributed by atoms with Gasteiger partial charge in [0, 0.05) is 19.3 Å². The Bertz CT molecular complexity index is 982. The van der Waals surface area contributed by atoms with Crippen molar-refractivity contribution in [2.75, 3.05) is 13.2 Å². The van der Waals surface area contributed by atoms with Crippen LogP contribution in [0.2, 0.25) is 0 Å². The van der Waals surface area contributed by atoms with Crippen molar-refractivity contribution in [2.24, 2.45) is 5.92 Å². The number of ether oxygens (including phenoxy) is 3. The number of esters is 3. The minimum absolute atomic E-state index is 0.0618. The Labute approximate surface area is 406 Å². The van der Waals surface area contributed by atoms with E-state index in [2.05, 4.69) is 27.7 Å². The Kier molecular flexibility index (Phi) is 52.1. The molecule has 0 fully saturated rings. The van der Waals surface area contributed by atoms with Gasteiger partial charge in [0.15, 0.2) is 6.10 Å². The SMILES string of the molecule is CCCCCCCCCCCCCCCCC(=O)OC[C@@H](COC(=O)CCCCCCCCCCCCC)OC(=O)CCCCCCCCCCCCCCCCCCCCC(C)CC. The molecule has 0 heterocycles. The summed E-state index contributed by atoms with van der Waals surface area (Å²) in [5, 5.41) is 0. The van der Waals surface area contributed by atoms with Crippen molar-refractivity contribution >= 4 is 17.9 Å². The summed E-state index contributed by atoms with van der Waals surface area (Å²) in [5.74, 6) is 0.0736. The Morgan fingerprint density at radius 3 is 0.800 bits per heavy atom. The Morgan fingerprint density at radius 1 is 0.308 bits per heavy atom. The van der Waals surface area contributed by atoms with Crippen LogP contribution in [-0.4, -0.2) is 37.2 Å². The van der Waals surface area contributed by atoms with Gasteiger partial charge < -0.3 is 14.2 Å². The monoisotopic (exact) mass is 919 g/mol. The Balaban J connectivity index is 4.22. The van der Waals surface area contributed by atoms with E-state index in [9.17, 15) is 14.4 Å². The summed E-state index contributed by atoms with van der Waals surface area (Å²) in [4.78, 5) is 38.1. The third kappa shape index (κ3) is 51.6. The van der Waals surface area contributed by atoms with E-state index in [1.165, 1.54) is 231 Å². The largest absolute Gasteiger partial charge is 0.462 e. The maximum atomic E-state index is 12.9. The van der Waals surface area contributed by atoms with Crippen LogP contribution in [0, 0.1) is 5.92 Å². The first kappa shape index (κ1) is 63.4. The fourth-order valence-corrected chi connectivity index (χ4v) is 9.07. The van der Waals surface area contributed by atoms with Crippen LogP contribution in [0.5, 0.6) is 0 Å². The highest BCUT2D eigenvalue weighted by molar-refractivity contribution is 5.71. The van der Waals surface area contributed by atoms with Gasteiger partial charge in [0.1, 0.15) is 13.2 Å². The van der Waals surface area contributed by atoms with Gasteiger partial charge in [-0.2, -0.15) is 0 Å². The van der Waals surface area contributed by atoms with Crippen molar-refractivity contribution in [3.05, 3.63) is 0 Å². The highest BCUT2D eigenvalue weighted by Gasteiger charge is 2.19. The van der Waals surface area contributed by atoms with E-state index in [0.29, 0.717) is 19.3 Å². The van der Waals surface area contributed by atoms with E-state index in [1.807, 2.05) is 0 Å². The van der Waals surface area contributed by atoms with E-state index < -0.39 is 6.10 Å². The molecule has 0 amide bonds. The molecule has 0 saturated carbocycles. The molecular formula is C59H114O6. The standard InChI is InChI=1S/C59H114O6/c1-5-8-10-12-14-16-18-19-27-31-35-39-43-47-51-58(61)64-54-56(53-63-57(60)50-46-42-38-34-29-17-15-13-11-9-6-2)65-59(62)52-48-44-40-36-32-28-25-23-21-20-22-24-26-30-33-37-41-45-49-55(4)7-3/h55-56H,5-54H2,1-4H3/t55?,56-/m1/s1. The second-order valence-corrected chi connectivity index (χ2v) is 20.5. The van der Waals surface area contributed by atoms with Crippen LogP contribution in [0.4, 0.5) is 0 Å². The Hall–Kier alpha value is -1.59. The maximum absolute atomic E-state index is 12.9. The number of hydrogen-bond acceptors (Lipinski definition) is 6. The average molecular weight is 920 g/mol. The first-order valence-corrected chi connectivity index (χ1v) is 29.4. The molecule has 0 aliphatic carbocycles. The van der Waals surface area contributed by atoms with Crippen LogP contribution in [0.15, 0.2) is 0 Å². The molecule has 0 aromatic heterocycles. The third-order valence-corrected chi connectivity index (χ3v) is 13.9. The molecule has 0 bridgehead atoms. The van der Waals surface area contributed by atoms with Crippen LogP contribution in [0.25, 0.3) is 0 Å². The molecule has 0 radical (unpaired) electrons. The molecule has 0 aromatic rings. The minimum atomic E-state index is -0.761. The van der Waals surface area contributed by atoms with Crippen LogP contribution >= 0.6 is 0 Å². The van der Waals surface area contributed by atoms with E-state index in [4.69, 9.17) is 14.2 Å². The summed E-state index contributed by atoms with van der Waals surface area (Å²) >= 11 is 0. The lowest BCUT2D eigenvalue weighted by Gasteiger charge is -2.18. The summed E-state index contributed by atoms with van der Waals surface area (Å²) in [6, 6.07) is 0. The van der Waals surface area contributed by atoms with E-state index in [-0.39, 0.29) is 31.1 Å². The molecular weight excluding hydrogens is 805 g/mol. The lowest BCUT2D eigenvalue weighted by molar-refractivity contribution is -0.167. The van der Waals surface area contributed by atoms with Crippen LogP contribution in [0.3, 0.4) is 0 Å². The molecule has 6 heteroatoms. The van der Waals surface area contributed by atoms with Gasteiger partial charge in [-0.1, -0.05) is 297 Å². The molecule has 1 unspecified atom stereocenters. The molecule has 0 saturated heterocycles. The molecule has 0 N–H and O–H groups in total. The zero-order chi connectivity index (χ0) is 47.4. The van der Waals surface area contributed by atoms with Gasteiger partial charge >= 0.3 is 17.9 Å². The highest BCUT2D eigenvalue weighted by atomic mass is 16.6. The fraction of sp³-hybridized carbons (Fsp3) is 0.949. The summed E-state index contributed by atoms with van der Waals surface area (Å²) in [6.45, 7) is 9.10. The number of carbonyl (C=O) groups is 3. The fourth-order valence-electron chi connectivity index (χ4n) is 9.07. The van der Waals surface area contributed by atoms with E-state index in [1.54, 1.807) is 0 Å². The molecule has 2 atom stereocenters. The smallest absolute Gasteiger partial charge is 0.306 e. The summed E-state index contributed by atoms with van der Waals surface area (Å²) in [7, 11) is 0. The first-order valence-electron chi connectivity index (χ1n) is 29.4. The summed E-state index contributed by atoms with van der Waals surface area (Å²) in [6.07, 6.45) is 58.0. The molecule has 0 aliphatic heterocycles. The number of rotatable bonds is 54. The van der Waals surface area contributed by atoms with Gasteiger partial charge in [0.2, 0.25) is 0 Å². The zero-order valence-corrected chi connectivity index (χ0v) is 44.5. The minimum Gasteiger partial charge on any atom is -0.462 e. The third-order valence-electron chi connectivity index (χ3n) is 13.9. The zero-order valence-electron chi connectivity index (χ0n) is 44.5. The van der Waals surface area contributed by atoms with E-state index in [0.717, 1.165) is 63.7 Å². The highest BCUT2D eigenvalue weighted by Crippen LogP contribution is 2.18. The molecule has 0 rings (SSSR count). The molecule has 0 aliphatic rings. The lowest BCUT2D eigenvalue weighted by Crippen LogP contribution is -2.30. The van der Waals surface area contributed by atoms with Crippen molar-refractivity contribution in [2.45, 2.75) is 342 Å². The number of hydrogen-bond donors (Lipinski definition) is 0. The topological polar surface area (TPSA) is 78.9 Å². The second kappa shape index (κ2) is 53.4. The molecule has 65 heavy (non-hydrogen) atoms. The van der Waals surface area contributed by atoms with Crippen molar-refractivity contribution in [1.82, 2.24) is 0 Å². The van der Waals surface area contributed by atoms with Crippen molar-refractivity contribution in [3.63, 3.8) is 0 Å². The lowest BCUT2D eigenvalue weighted by atomic mass is 9.99. The number of carbonyl (C=O) groups excluding carboxylic acids is 3. The van der Waals surface area contributed by atoms with E-state index >= 15 is 0 Å². The quantitative estimate of drug-likeness (QED) is 0.0344. The van der Waals surface area contributed by atoms with Crippen molar-refractivity contribution < 1.29 is 28.6 Å². The predicted octanol–water partition coefficient (Wildman–Crippen LogP) is 19.4. The summed E-state index contributed by atoms with van der Waals surface area (Å²) < 4.78 is 16.9. The van der Waals surface area contributed by atoms with Crippen LogP contribution in [-0.2, 0) is 28.6 Å². The van der Waals surface area contributed by atoms with Gasteiger partial charge in [-0.15, -0.1) is 0 Å². The van der Waals surface area contributed by atoms with Gasteiger partial charge in [-0.3, -0.25) is 14.4 Å². The normalized spacial score (nSPS) is 12.4. The molecule has 386 valence electrons. The summed E-state index contributed by atoms with van der Waals surface area (Å²) in [5.41, 5.74) is 0. The Morgan fingerprint density at radius 2 is 0.538 bits per heavy atom. The average Bonchev–Trinajstić information content (AvgIpc) is 3.30. The predicted molar refractivity (Wildman–Crippen MR) is 280 cm³/mol.